The van der Waals surface area contributed by atoms with Gasteiger partial charge in [-0.25, -0.2) is 17.8 Å². The van der Waals surface area contributed by atoms with E-state index in [1.54, 1.807) is 13.8 Å². The molecule has 0 aliphatic carbocycles. The summed E-state index contributed by atoms with van der Waals surface area (Å²) in [5.41, 5.74) is 0. The van der Waals surface area contributed by atoms with Gasteiger partial charge in [0.2, 0.25) is 5.03 Å². The van der Waals surface area contributed by atoms with E-state index >= 15 is 0 Å². The molecular weight excluding hydrogens is 259 g/mol. The highest BCUT2D eigenvalue weighted by atomic mass is 32.2. The Morgan fingerprint density at radius 3 is 2.89 bits per heavy atom. The summed E-state index contributed by atoms with van der Waals surface area (Å²) < 4.78 is 44.8. The number of morpholine rings is 1. The molecule has 0 aromatic carbocycles. The quantitative estimate of drug-likeness (QED) is 0.808. The van der Waals surface area contributed by atoms with Crippen LogP contribution in [0, 0.1) is 5.82 Å². The Balaban J connectivity index is 2.39. The van der Waals surface area contributed by atoms with Crippen LogP contribution in [0.2, 0.25) is 0 Å². The largest absolute Gasteiger partial charge is 0.375 e. The number of hydrogen-bond acceptors (Lipinski definition) is 4. The first-order valence-corrected chi connectivity index (χ1v) is 7.11. The van der Waals surface area contributed by atoms with Crippen LogP contribution in [0.15, 0.2) is 23.4 Å². The molecule has 1 aromatic heterocycles. The summed E-state index contributed by atoms with van der Waals surface area (Å²) in [5, 5.41) is -0.522. The van der Waals surface area contributed by atoms with Gasteiger partial charge >= 0.3 is 0 Å². The predicted molar refractivity (Wildman–Crippen MR) is 63.0 cm³/mol. The smallest absolute Gasteiger partial charge is 0.263 e. The van der Waals surface area contributed by atoms with Crippen LogP contribution in [0.1, 0.15) is 13.8 Å². The first kappa shape index (κ1) is 13.4. The summed E-state index contributed by atoms with van der Waals surface area (Å²) in [6.45, 7) is 4.02. The van der Waals surface area contributed by atoms with E-state index in [0.29, 0.717) is 6.61 Å². The minimum Gasteiger partial charge on any atom is -0.375 e. The minimum absolute atomic E-state index is 0.206. The first-order chi connectivity index (χ1) is 8.43. The maximum atomic E-state index is 13.6. The third kappa shape index (κ3) is 2.38. The molecular formula is C11H15FN2O3S. The zero-order valence-corrected chi connectivity index (χ0v) is 11.0. The van der Waals surface area contributed by atoms with Crippen molar-refractivity contribution < 1.29 is 17.5 Å². The van der Waals surface area contributed by atoms with Gasteiger partial charge in [0.05, 0.1) is 12.7 Å². The van der Waals surface area contributed by atoms with Crippen molar-refractivity contribution in [3.63, 3.8) is 0 Å². The summed E-state index contributed by atoms with van der Waals surface area (Å²) in [7, 11) is -3.91. The van der Waals surface area contributed by atoms with Gasteiger partial charge in [-0.15, -0.1) is 0 Å². The van der Waals surface area contributed by atoms with Crippen LogP contribution in [-0.4, -0.2) is 43.0 Å². The second kappa shape index (κ2) is 4.91. The second-order valence-corrected chi connectivity index (χ2v) is 6.16. The second-order valence-electron chi connectivity index (χ2n) is 4.36. The average molecular weight is 274 g/mol. The van der Waals surface area contributed by atoms with Gasteiger partial charge in [0.25, 0.3) is 10.0 Å². The molecule has 2 atom stereocenters. The zero-order chi connectivity index (χ0) is 13.3. The molecule has 2 unspecified atom stereocenters. The molecule has 1 saturated heterocycles. The Kier molecular flexibility index (Phi) is 3.65. The zero-order valence-electron chi connectivity index (χ0n) is 10.2. The highest BCUT2D eigenvalue weighted by Gasteiger charge is 2.36. The standard InChI is InChI=1S/C11H15FN2O3S/c1-8-7-17-9(2)6-14(8)18(15,16)11-10(12)4-3-5-13-11/h3-5,8-9H,6-7H2,1-2H3. The molecule has 1 aliphatic heterocycles. The van der Waals surface area contributed by atoms with Gasteiger partial charge in [-0.2, -0.15) is 4.31 Å². The van der Waals surface area contributed by atoms with Crippen molar-refractivity contribution in [2.75, 3.05) is 13.2 Å². The summed E-state index contributed by atoms with van der Waals surface area (Å²) in [6.07, 6.45) is 1.06. The van der Waals surface area contributed by atoms with E-state index in [0.717, 1.165) is 6.07 Å². The highest BCUT2D eigenvalue weighted by Crippen LogP contribution is 2.22. The van der Waals surface area contributed by atoms with Crippen LogP contribution < -0.4 is 0 Å². The Morgan fingerprint density at radius 2 is 2.22 bits per heavy atom. The fraction of sp³-hybridized carbons (Fsp3) is 0.545. The summed E-state index contributed by atoms with van der Waals surface area (Å²) in [5.74, 6) is -0.830. The van der Waals surface area contributed by atoms with E-state index in [1.807, 2.05) is 0 Å². The monoisotopic (exact) mass is 274 g/mol. The van der Waals surface area contributed by atoms with Crippen LogP contribution in [-0.2, 0) is 14.8 Å². The SMILES string of the molecule is CC1CN(S(=O)(=O)c2ncccc2F)C(C)CO1. The van der Waals surface area contributed by atoms with Gasteiger partial charge in [0.15, 0.2) is 5.82 Å². The van der Waals surface area contributed by atoms with Crippen LogP contribution in [0.5, 0.6) is 0 Å². The molecule has 18 heavy (non-hydrogen) atoms. The lowest BCUT2D eigenvalue weighted by Crippen LogP contribution is -2.50. The molecule has 2 heterocycles. The van der Waals surface area contributed by atoms with Gasteiger partial charge in [0, 0.05) is 18.8 Å². The molecule has 0 N–H and O–H groups in total. The summed E-state index contributed by atoms with van der Waals surface area (Å²) in [6, 6.07) is 2.13. The fourth-order valence-electron chi connectivity index (χ4n) is 1.88. The van der Waals surface area contributed by atoms with Crippen molar-refractivity contribution in [1.82, 2.24) is 9.29 Å². The van der Waals surface area contributed by atoms with Crippen LogP contribution in [0.4, 0.5) is 4.39 Å². The van der Waals surface area contributed by atoms with E-state index in [-0.39, 0.29) is 18.7 Å². The number of sulfonamides is 1. The molecule has 7 heteroatoms. The number of rotatable bonds is 2. The van der Waals surface area contributed by atoms with Crippen LogP contribution in [0.3, 0.4) is 0 Å². The fourth-order valence-corrected chi connectivity index (χ4v) is 3.55. The third-order valence-electron chi connectivity index (χ3n) is 2.83. The molecule has 2 rings (SSSR count). The van der Waals surface area contributed by atoms with Gasteiger partial charge in [0.1, 0.15) is 0 Å². The van der Waals surface area contributed by atoms with E-state index in [4.69, 9.17) is 4.74 Å². The lowest BCUT2D eigenvalue weighted by molar-refractivity contribution is -0.0172. The summed E-state index contributed by atoms with van der Waals surface area (Å²) >= 11 is 0. The maximum Gasteiger partial charge on any atom is 0.263 e. The number of aromatic nitrogens is 1. The average Bonchev–Trinajstić information content (AvgIpc) is 2.32. The maximum absolute atomic E-state index is 13.6. The topological polar surface area (TPSA) is 59.5 Å². The Labute approximate surface area is 106 Å². The van der Waals surface area contributed by atoms with Gasteiger partial charge in [-0.1, -0.05) is 0 Å². The predicted octanol–water partition coefficient (Wildman–Crippen LogP) is 1.02. The third-order valence-corrected chi connectivity index (χ3v) is 4.74. The minimum atomic E-state index is -3.91. The first-order valence-electron chi connectivity index (χ1n) is 5.67. The van der Waals surface area contributed by atoms with Crippen LogP contribution >= 0.6 is 0 Å². The molecule has 0 radical (unpaired) electrons. The lowest BCUT2D eigenvalue weighted by Gasteiger charge is -2.35. The van der Waals surface area contributed by atoms with Crippen molar-refractivity contribution in [3.8, 4) is 0 Å². The van der Waals surface area contributed by atoms with Crippen molar-refractivity contribution in [3.05, 3.63) is 24.1 Å². The Hall–Kier alpha value is -1.05. The molecule has 0 spiro atoms. The number of pyridine rings is 1. The summed E-state index contributed by atoms with van der Waals surface area (Å²) in [4.78, 5) is 3.64. The lowest BCUT2D eigenvalue weighted by atomic mass is 10.2. The number of nitrogens with zero attached hydrogens (tertiary/aromatic N) is 2. The molecule has 0 bridgehead atoms. The van der Waals surface area contributed by atoms with Gasteiger partial charge in [-0.05, 0) is 26.0 Å². The number of halogens is 1. The number of ether oxygens (including phenoxy) is 1. The van der Waals surface area contributed by atoms with Gasteiger partial charge in [-0.3, -0.25) is 0 Å². The highest BCUT2D eigenvalue weighted by molar-refractivity contribution is 7.89. The van der Waals surface area contributed by atoms with E-state index in [2.05, 4.69) is 4.98 Å². The molecule has 0 saturated carbocycles. The van der Waals surface area contributed by atoms with Crippen molar-refractivity contribution >= 4 is 10.0 Å². The van der Waals surface area contributed by atoms with Crippen molar-refractivity contribution in [2.24, 2.45) is 0 Å². The molecule has 5 nitrogen and oxygen atoms in total. The molecule has 1 fully saturated rings. The molecule has 100 valence electrons. The molecule has 1 aliphatic rings. The normalized spacial score (nSPS) is 26.2. The van der Waals surface area contributed by atoms with Crippen molar-refractivity contribution in [2.45, 2.75) is 31.0 Å². The number of hydrogen-bond donors (Lipinski definition) is 0. The molecule has 1 aromatic rings. The van der Waals surface area contributed by atoms with E-state index < -0.39 is 20.9 Å². The van der Waals surface area contributed by atoms with Crippen molar-refractivity contribution in [1.29, 1.82) is 0 Å². The van der Waals surface area contributed by atoms with E-state index in [9.17, 15) is 12.8 Å². The van der Waals surface area contributed by atoms with E-state index in [1.165, 1.54) is 16.6 Å². The van der Waals surface area contributed by atoms with Crippen LogP contribution in [0.25, 0.3) is 0 Å². The van der Waals surface area contributed by atoms with Gasteiger partial charge < -0.3 is 4.74 Å². The Morgan fingerprint density at radius 1 is 1.50 bits per heavy atom. The Bertz CT molecular complexity index is 535. The molecule has 0 amide bonds.